The number of H-pyrrole nitrogens is 1. The minimum absolute atomic E-state index is 0.0721. The molecule has 3 rings (SSSR count). The Kier molecular flexibility index (Phi) is 3.63. The van der Waals surface area contributed by atoms with Crippen LogP contribution in [0.4, 0.5) is 0 Å². The normalized spacial score (nSPS) is 12.0. The van der Waals surface area contributed by atoms with Crippen molar-refractivity contribution in [2.24, 2.45) is 0 Å². The molecular weight excluding hydrogens is 288 g/mol. The van der Waals surface area contributed by atoms with Crippen molar-refractivity contribution in [3.05, 3.63) is 41.2 Å². The predicted molar refractivity (Wildman–Crippen MR) is 93.0 cm³/mol. The van der Waals surface area contributed by atoms with Crippen LogP contribution >= 0.6 is 0 Å². The summed E-state index contributed by atoms with van der Waals surface area (Å²) in [4.78, 5) is 19.8. The van der Waals surface area contributed by atoms with Crippen molar-refractivity contribution < 1.29 is 9.53 Å². The first-order valence-electron chi connectivity index (χ1n) is 7.91. The number of nitrogens with zero attached hydrogens (tertiary/aromatic N) is 1. The molecule has 0 saturated heterocycles. The number of hydrogen-bond acceptors (Lipinski definition) is 3. The van der Waals surface area contributed by atoms with Crippen molar-refractivity contribution >= 4 is 27.8 Å². The third kappa shape index (κ3) is 2.58. The van der Waals surface area contributed by atoms with Gasteiger partial charge in [0.1, 0.15) is 0 Å². The molecule has 0 spiro atoms. The van der Waals surface area contributed by atoms with Crippen LogP contribution in [0.3, 0.4) is 0 Å². The molecule has 0 aliphatic carbocycles. The van der Waals surface area contributed by atoms with Gasteiger partial charge in [0.25, 0.3) is 0 Å². The van der Waals surface area contributed by atoms with Crippen molar-refractivity contribution in [3.8, 4) is 0 Å². The molecule has 0 bridgehead atoms. The molecule has 23 heavy (non-hydrogen) atoms. The van der Waals surface area contributed by atoms with E-state index in [1.807, 2.05) is 6.92 Å². The summed E-state index contributed by atoms with van der Waals surface area (Å²) in [5, 5.41) is 2.17. The molecular formula is C19H22N2O2. The van der Waals surface area contributed by atoms with Crippen molar-refractivity contribution in [1.29, 1.82) is 0 Å². The van der Waals surface area contributed by atoms with Crippen LogP contribution in [0.2, 0.25) is 0 Å². The Labute approximate surface area is 135 Å². The number of carbonyl (C=O) groups is 1. The average molecular weight is 310 g/mol. The van der Waals surface area contributed by atoms with Crippen molar-refractivity contribution in [3.63, 3.8) is 0 Å². The number of carbonyl (C=O) groups excluding carboxylic acids is 1. The fourth-order valence-corrected chi connectivity index (χ4v) is 2.93. The highest BCUT2D eigenvalue weighted by molar-refractivity contribution is 6.11. The average Bonchev–Trinajstić information content (AvgIpc) is 2.85. The summed E-state index contributed by atoms with van der Waals surface area (Å²) < 4.78 is 5.11. The molecule has 0 amide bonds. The molecule has 2 aromatic heterocycles. The Bertz CT molecular complexity index is 901. The van der Waals surface area contributed by atoms with E-state index in [2.05, 4.69) is 48.9 Å². The van der Waals surface area contributed by atoms with Crippen LogP contribution < -0.4 is 0 Å². The Morgan fingerprint density at radius 2 is 2.00 bits per heavy atom. The van der Waals surface area contributed by atoms with Crippen LogP contribution in [0.15, 0.2) is 24.4 Å². The number of rotatable bonds is 2. The smallest absolute Gasteiger partial charge is 0.357 e. The number of ether oxygens (including phenoxy) is 1. The number of aromatic amines is 1. The Morgan fingerprint density at radius 3 is 2.65 bits per heavy atom. The lowest BCUT2D eigenvalue weighted by Gasteiger charge is -2.19. The van der Waals surface area contributed by atoms with E-state index in [0.29, 0.717) is 12.3 Å². The highest BCUT2D eigenvalue weighted by Crippen LogP contribution is 2.33. The van der Waals surface area contributed by atoms with Gasteiger partial charge in [-0.3, -0.25) is 0 Å². The molecule has 2 heterocycles. The minimum atomic E-state index is -0.367. The Hall–Kier alpha value is -2.36. The molecule has 3 aromatic rings. The number of pyridine rings is 1. The van der Waals surface area contributed by atoms with Crippen LogP contribution in [0, 0.1) is 6.92 Å². The van der Waals surface area contributed by atoms with Crippen LogP contribution in [0.1, 0.15) is 49.3 Å². The van der Waals surface area contributed by atoms with Crippen molar-refractivity contribution in [2.45, 2.75) is 40.0 Å². The highest BCUT2D eigenvalue weighted by atomic mass is 16.5. The molecule has 0 radical (unpaired) electrons. The van der Waals surface area contributed by atoms with E-state index < -0.39 is 0 Å². The number of aryl methyl sites for hydroxylation is 1. The maximum Gasteiger partial charge on any atom is 0.357 e. The second kappa shape index (κ2) is 5.37. The molecule has 0 unspecified atom stereocenters. The zero-order valence-electron chi connectivity index (χ0n) is 14.3. The molecule has 1 N–H and O–H groups in total. The quantitative estimate of drug-likeness (QED) is 0.709. The summed E-state index contributed by atoms with van der Waals surface area (Å²) in [7, 11) is 0. The third-order valence-corrected chi connectivity index (χ3v) is 4.22. The van der Waals surface area contributed by atoms with Crippen LogP contribution in [0.25, 0.3) is 21.8 Å². The zero-order chi connectivity index (χ0) is 16.8. The topological polar surface area (TPSA) is 55.0 Å². The zero-order valence-corrected chi connectivity index (χ0v) is 14.3. The van der Waals surface area contributed by atoms with E-state index in [1.54, 1.807) is 13.1 Å². The first-order chi connectivity index (χ1) is 10.8. The number of hydrogen-bond donors (Lipinski definition) is 1. The number of esters is 1. The number of aromatic nitrogens is 2. The maximum absolute atomic E-state index is 12.1. The molecule has 0 aliphatic rings. The molecule has 0 fully saturated rings. The summed E-state index contributed by atoms with van der Waals surface area (Å²) in [5.74, 6) is -0.367. The Balaban J connectivity index is 2.30. The number of benzene rings is 1. The van der Waals surface area contributed by atoms with E-state index in [4.69, 9.17) is 4.74 Å². The van der Waals surface area contributed by atoms with Gasteiger partial charge in [0.05, 0.1) is 18.3 Å². The van der Waals surface area contributed by atoms with E-state index in [9.17, 15) is 4.79 Å². The Morgan fingerprint density at radius 1 is 1.26 bits per heavy atom. The van der Waals surface area contributed by atoms with E-state index in [-0.39, 0.29) is 11.4 Å². The van der Waals surface area contributed by atoms with E-state index in [0.717, 1.165) is 27.4 Å². The molecule has 0 aliphatic heterocycles. The fourth-order valence-electron chi connectivity index (χ4n) is 2.93. The lowest BCUT2D eigenvalue weighted by molar-refractivity contribution is 0.0519. The second-order valence-corrected chi connectivity index (χ2v) is 6.88. The first kappa shape index (κ1) is 15.5. The first-order valence-corrected chi connectivity index (χ1v) is 7.91. The fraction of sp³-hybridized carbons (Fsp3) is 0.368. The highest BCUT2D eigenvalue weighted by Gasteiger charge is 2.19. The largest absolute Gasteiger partial charge is 0.461 e. The molecule has 120 valence electrons. The molecule has 4 heteroatoms. The number of fused-ring (bicyclic) bond motifs is 3. The summed E-state index contributed by atoms with van der Waals surface area (Å²) >= 11 is 0. The predicted octanol–water partition coefficient (Wildman–Crippen LogP) is 4.50. The van der Waals surface area contributed by atoms with E-state index in [1.165, 1.54) is 5.56 Å². The van der Waals surface area contributed by atoms with Crippen LogP contribution in [-0.2, 0) is 10.2 Å². The third-order valence-electron chi connectivity index (χ3n) is 4.22. The van der Waals surface area contributed by atoms with Gasteiger partial charge in [0, 0.05) is 16.3 Å². The van der Waals surface area contributed by atoms with Crippen LogP contribution in [0.5, 0.6) is 0 Å². The molecule has 1 aromatic carbocycles. The standard InChI is InChI=1S/C19H22N2O2/c1-6-23-18(22)17-11(2)16-13-9-12(19(3,4)5)7-8-14(13)21-15(16)10-20-17/h7-10,21H,6H2,1-5H3. The SMILES string of the molecule is CCOC(=O)c1ncc2[nH]c3ccc(C(C)(C)C)cc3c2c1C. The maximum atomic E-state index is 12.1. The minimum Gasteiger partial charge on any atom is -0.461 e. The van der Waals surface area contributed by atoms with Crippen molar-refractivity contribution in [2.75, 3.05) is 6.61 Å². The van der Waals surface area contributed by atoms with Crippen LogP contribution in [-0.4, -0.2) is 22.5 Å². The summed E-state index contributed by atoms with van der Waals surface area (Å²) in [6.07, 6.45) is 1.71. The number of nitrogens with one attached hydrogen (secondary N) is 1. The summed E-state index contributed by atoms with van der Waals surface area (Å²) in [6, 6.07) is 6.45. The van der Waals surface area contributed by atoms with Gasteiger partial charge < -0.3 is 9.72 Å². The van der Waals surface area contributed by atoms with Gasteiger partial charge in [-0.1, -0.05) is 26.8 Å². The van der Waals surface area contributed by atoms with Gasteiger partial charge in [0.2, 0.25) is 0 Å². The monoisotopic (exact) mass is 310 g/mol. The van der Waals surface area contributed by atoms with Gasteiger partial charge in [-0.05, 0) is 42.5 Å². The molecule has 4 nitrogen and oxygen atoms in total. The van der Waals surface area contributed by atoms with E-state index >= 15 is 0 Å². The van der Waals surface area contributed by atoms with Crippen molar-refractivity contribution in [1.82, 2.24) is 9.97 Å². The molecule has 0 atom stereocenters. The van der Waals surface area contributed by atoms with Gasteiger partial charge in [-0.2, -0.15) is 0 Å². The van der Waals surface area contributed by atoms with Gasteiger partial charge in [-0.25, -0.2) is 9.78 Å². The summed E-state index contributed by atoms with van der Waals surface area (Å²) in [6.45, 7) is 10.7. The second-order valence-electron chi connectivity index (χ2n) is 6.88. The lowest BCUT2D eigenvalue weighted by Crippen LogP contribution is -2.10. The molecule has 0 saturated carbocycles. The van der Waals surface area contributed by atoms with Gasteiger partial charge in [-0.15, -0.1) is 0 Å². The van der Waals surface area contributed by atoms with Gasteiger partial charge in [0.15, 0.2) is 5.69 Å². The summed E-state index contributed by atoms with van der Waals surface area (Å²) in [5.41, 5.74) is 4.58. The lowest BCUT2D eigenvalue weighted by atomic mass is 9.86. The van der Waals surface area contributed by atoms with Gasteiger partial charge >= 0.3 is 5.97 Å².